The van der Waals surface area contributed by atoms with E-state index in [1.165, 1.54) is 11.1 Å². The fourth-order valence-electron chi connectivity index (χ4n) is 3.43. The number of nitrogens with zero attached hydrogens (tertiary/aromatic N) is 1. The molecule has 3 atom stereocenters. The molecule has 0 aliphatic carbocycles. The average molecular weight is 291 g/mol. The lowest BCUT2D eigenvalue weighted by Gasteiger charge is -2.39. The number of rotatable bonds is 4. The number of carboxylic acids is 1. The van der Waals surface area contributed by atoms with Crippen molar-refractivity contribution in [1.29, 1.82) is 0 Å². The van der Waals surface area contributed by atoms with Crippen molar-refractivity contribution in [2.24, 2.45) is 5.92 Å². The van der Waals surface area contributed by atoms with Gasteiger partial charge in [-0.2, -0.15) is 0 Å². The standard InChI is InChI=1S/C16H21NO4/c1-2-17(15-10-21-8-13(15)16(18)19)14-9-20-7-11-5-3-4-6-12(11)14/h3-6,13-15H,2,7-10H2,1H3,(H,18,19). The smallest absolute Gasteiger partial charge is 0.310 e. The Balaban J connectivity index is 1.89. The average Bonchev–Trinajstić information content (AvgIpc) is 2.98. The number of aliphatic carboxylic acids is 1. The highest BCUT2D eigenvalue weighted by Crippen LogP contribution is 2.33. The number of ether oxygens (including phenoxy) is 2. The second-order valence-electron chi connectivity index (χ2n) is 5.61. The third-order valence-electron chi connectivity index (χ3n) is 4.51. The number of carboxylic acid groups (broad SMARTS) is 1. The van der Waals surface area contributed by atoms with Crippen molar-refractivity contribution in [2.45, 2.75) is 25.6 Å². The molecule has 0 saturated carbocycles. The second kappa shape index (κ2) is 6.13. The van der Waals surface area contributed by atoms with Crippen molar-refractivity contribution >= 4 is 5.97 Å². The molecular weight excluding hydrogens is 270 g/mol. The van der Waals surface area contributed by atoms with E-state index in [1.54, 1.807) is 0 Å². The predicted molar refractivity (Wildman–Crippen MR) is 77.0 cm³/mol. The fourth-order valence-corrected chi connectivity index (χ4v) is 3.43. The third kappa shape index (κ3) is 2.69. The van der Waals surface area contributed by atoms with Gasteiger partial charge in [0.1, 0.15) is 0 Å². The van der Waals surface area contributed by atoms with Crippen LogP contribution in [0, 0.1) is 5.92 Å². The number of benzene rings is 1. The molecule has 21 heavy (non-hydrogen) atoms. The largest absolute Gasteiger partial charge is 0.481 e. The molecule has 0 radical (unpaired) electrons. The van der Waals surface area contributed by atoms with Crippen LogP contribution in [0.25, 0.3) is 0 Å². The van der Waals surface area contributed by atoms with Crippen LogP contribution >= 0.6 is 0 Å². The maximum Gasteiger partial charge on any atom is 0.310 e. The molecule has 1 saturated heterocycles. The monoisotopic (exact) mass is 291 g/mol. The van der Waals surface area contributed by atoms with Gasteiger partial charge in [-0.1, -0.05) is 31.2 Å². The van der Waals surface area contributed by atoms with Crippen LogP contribution in [0.5, 0.6) is 0 Å². The van der Waals surface area contributed by atoms with E-state index in [4.69, 9.17) is 9.47 Å². The van der Waals surface area contributed by atoms with E-state index in [0.717, 1.165) is 6.54 Å². The first kappa shape index (κ1) is 14.5. The van der Waals surface area contributed by atoms with Crippen molar-refractivity contribution < 1.29 is 19.4 Å². The van der Waals surface area contributed by atoms with Gasteiger partial charge in [0, 0.05) is 6.04 Å². The summed E-state index contributed by atoms with van der Waals surface area (Å²) in [6.07, 6.45) is 0. The van der Waals surface area contributed by atoms with Crippen LogP contribution in [0.15, 0.2) is 24.3 Å². The van der Waals surface area contributed by atoms with Crippen molar-refractivity contribution in [1.82, 2.24) is 4.90 Å². The van der Waals surface area contributed by atoms with Gasteiger partial charge in [-0.25, -0.2) is 0 Å². The lowest BCUT2D eigenvalue weighted by molar-refractivity contribution is -0.143. The Kier molecular flexibility index (Phi) is 4.24. The van der Waals surface area contributed by atoms with E-state index in [2.05, 4.69) is 24.0 Å². The summed E-state index contributed by atoms with van der Waals surface area (Å²) < 4.78 is 11.1. The zero-order valence-corrected chi connectivity index (χ0v) is 12.2. The highest BCUT2D eigenvalue weighted by atomic mass is 16.5. The SMILES string of the molecule is CCN(C1COCc2ccccc21)C1COCC1C(=O)O. The Morgan fingerprint density at radius 2 is 2.10 bits per heavy atom. The summed E-state index contributed by atoms with van der Waals surface area (Å²) in [5.41, 5.74) is 2.44. The molecular formula is C16H21NO4. The molecule has 3 unspecified atom stereocenters. The minimum Gasteiger partial charge on any atom is -0.481 e. The van der Waals surface area contributed by atoms with Gasteiger partial charge < -0.3 is 14.6 Å². The topological polar surface area (TPSA) is 59.0 Å². The van der Waals surface area contributed by atoms with Gasteiger partial charge in [-0.15, -0.1) is 0 Å². The lowest BCUT2D eigenvalue weighted by atomic mass is 9.94. The minimum absolute atomic E-state index is 0.0905. The van der Waals surface area contributed by atoms with Gasteiger partial charge in [0.25, 0.3) is 0 Å². The zero-order valence-electron chi connectivity index (χ0n) is 12.2. The molecule has 0 amide bonds. The van der Waals surface area contributed by atoms with E-state index in [1.807, 2.05) is 12.1 Å². The summed E-state index contributed by atoms with van der Waals surface area (Å²) in [5, 5.41) is 9.38. The molecule has 1 aromatic rings. The maximum atomic E-state index is 11.4. The first-order valence-electron chi connectivity index (χ1n) is 7.44. The van der Waals surface area contributed by atoms with Crippen molar-refractivity contribution in [3.05, 3.63) is 35.4 Å². The summed E-state index contributed by atoms with van der Waals surface area (Å²) in [7, 11) is 0. The molecule has 1 N–H and O–H groups in total. The summed E-state index contributed by atoms with van der Waals surface area (Å²) in [5.74, 6) is -1.24. The first-order valence-corrected chi connectivity index (χ1v) is 7.44. The summed E-state index contributed by atoms with van der Waals surface area (Å²) >= 11 is 0. The molecule has 2 aliphatic rings. The number of carbonyl (C=O) groups is 1. The first-order chi connectivity index (χ1) is 10.2. The molecule has 5 heteroatoms. The Bertz CT molecular complexity index is 519. The molecule has 3 rings (SSSR count). The highest BCUT2D eigenvalue weighted by Gasteiger charge is 2.41. The molecule has 5 nitrogen and oxygen atoms in total. The summed E-state index contributed by atoms with van der Waals surface area (Å²) in [6, 6.07) is 8.26. The zero-order chi connectivity index (χ0) is 14.8. The molecule has 1 aromatic carbocycles. The Labute approximate surface area is 124 Å². The Morgan fingerprint density at radius 1 is 1.29 bits per heavy atom. The van der Waals surface area contributed by atoms with E-state index in [9.17, 15) is 9.90 Å². The Hall–Kier alpha value is -1.43. The molecule has 1 fully saturated rings. The van der Waals surface area contributed by atoms with Crippen LogP contribution in [0.1, 0.15) is 24.1 Å². The molecule has 0 spiro atoms. The number of likely N-dealkylation sites (N-methyl/N-ethyl adjacent to an activating group) is 1. The quantitative estimate of drug-likeness (QED) is 0.914. The number of fused-ring (bicyclic) bond motifs is 1. The van der Waals surface area contributed by atoms with E-state index in [0.29, 0.717) is 26.4 Å². The van der Waals surface area contributed by atoms with Gasteiger partial charge in [-0.3, -0.25) is 9.69 Å². The van der Waals surface area contributed by atoms with Crippen LogP contribution in [0.2, 0.25) is 0 Å². The normalized spacial score (nSPS) is 28.6. The second-order valence-corrected chi connectivity index (χ2v) is 5.61. The molecule has 114 valence electrons. The Morgan fingerprint density at radius 3 is 2.86 bits per heavy atom. The maximum absolute atomic E-state index is 11.4. The van der Waals surface area contributed by atoms with Gasteiger partial charge in [0.05, 0.1) is 38.4 Å². The van der Waals surface area contributed by atoms with Crippen molar-refractivity contribution in [3.8, 4) is 0 Å². The van der Waals surface area contributed by atoms with Crippen LogP contribution in [-0.2, 0) is 20.9 Å². The summed E-state index contributed by atoms with van der Waals surface area (Å²) in [6.45, 7) is 4.85. The molecule has 0 bridgehead atoms. The molecule has 2 aliphatic heterocycles. The fraction of sp³-hybridized carbons (Fsp3) is 0.562. The third-order valence-corrected chi connectivity index (χ3v) is 4.51. The van der Waals surface area contributed by atoms with Gasteiger partial charge >= 0.3 is 5.97 Å². The van der Waals surface area contributed by atoms with Gasteiger partial charge in [0.2, 0.25) is 0 Å². The van der Waals surface area contributed by atoms with Gasteiger partial charge in [0.15, 0.2) is 0 Å². The lowest BCUT2D eigenvalue weighted by Crippen LogP contribution is -2.47. The number of hydrogen-bond donors (Lipinski definition) is 1. The van der Waals surface area contributed by atoms with Crippen LogP contribution in [0.4, 0.5) is 0 Å². The van der Waals surface area contributed by atoms with E-state index >= 15 is 0 Å². The predicted octanol–water partition coefficient (Wildman–Crippen LogP) is 1.68. The van der Waals surface area contributed by atoms with E-state index in [-0.39, 0.29) is 12.1 Å². The van der Waals surface area contributed by atoms with Crippen molar-refractivity contribution in [3.63, 3.8) is 0 Å². The minimum atomic E-state index is -0.777. The highest BCUT2D eigenvalue weighted by molar-refractivity contribution is 5.71. The molecule has 0 aromatic heterocycles. The summed E-state index contributed by atoms with van der Waals surface area (Å²) in [4.78, 5) is 13.6. The van der Waals surface area contributed by atoms with Crippen LogP contribution < -0.4 is 0 Å². The van der Waals surface area contributed by atoms with E-state index < -0.39 is 11.9 Å². The van der Waals surface area contributed by atoms with Crippen molar-refractivity contribution in [2.75, 3.05) is 26.4 Å². The van der Waals surface area contributed by atoms with Crippen LogP contribution in [0.3, 0.4) is 0 Å². The molecule has 2 heterocycles. The van der Waals surface area contributed by atoms with Gasteiger partial charge in [-0.05, 0) is 17.7 Å². The van der Waals surface area contributed by atoms with Crippen LogP contribution in [-0.4, -0.2) is 48.4 Å². The number of hydrogen-bond acceptors (Lipinski definition) is 4.